The van der Waals surface area contributed by atoms with E-state index in [-0.39, 0.29) is 17.4 Å². The van der Waals surface area contributed by atoms with Gasteiger partial charge in [-0.25, -0.2) is 0 Å². The van der Waals surface area contributed by atoms with E-state index in [4.69, 9.17) is 0 Å². The lowest BCUT2D eigenvalue weighted by Crippen LogP contribution is -2.63. The standard InChI is InChI=1S/C16H27N3O2/c1-4-10-19-14(20)7-5-8-16(19)9-6-11-18(13-16)15(21)12-17(2)3/h4H,1,5-13H2,2-3H3. The van der Waals surface area contributed by atoms with Crippen LogP contribution in [0.15, 0.2) is 12.7 Å². The Morgan fingerprint density at radius 1 is 1.38 bits per heavy atom. The minimum atomic E-state index is -0.163. The Balaban J connectivity index is 2.14. The van der Waals surface area contributed by atoms with Gasteiger partial charge in [0, 0.05) is 26.1 Å². The summed E-state index contributed by atoms with van der Waals surface area (Å²) in [4.78, 5) is 30.4. The second kappa shape index (κ2) is 6.60. The van der Waals surface area contributed by atoms with E-state index in [0.717, 1.165) is 32.2 Å². The molecule has 0 aliphatic carbocycles. The van der Waals surface area contributed by atoms with E-state index in [2.05, 4.69) is 6.58 Å². The number of hydrogen-bond donors (Lipinski definition) is 0. The van der Waals surface area contributed by atoms with Crippen molar-refractivity contribution in [2.75, 3.05) is 40.3 Å². The second-order valence-corrected chi connectivity index (χ2v) is 6.53. The van der Waals surface area contributed by atoms with E-state index in [1.165, 1.54) is 0 Å². The van der Waals surface area contributed by atoms with Gasteiger partial charge in [0.05, 0.1) is 12.1 Å². The van der Waals surface area contributed by atoms with Crippen molar-refractivity contribution in [2.24, 2.45) is 0 Å². The monoisotopic (exact) mass is 293 g/mol. The largest absolute Gasteiger partial charge is 0.339 e. The van der Waals surface area contributed by atoms with Gasteiger partial charge in [0.25, 0.3) is 0 Å². The Bertz CT molecular complexity index is 418. The average Bonchev–Trinajstić information content (AvgIpc) is 2.43. The molecule has 1 unspecified atom stereocenters. The quantitative estimate of drug-likeness (QED) is 0.729. The van der Waals surface area contributed by atoms with E-state index >= 15 is 0 Å². The van der Waals surface area contributed by atoms with Gasteiger partial charge >= 0.3 is 0 Å². The Morgan fingerprint density at radius 2 is 2.10 bits per heavy atom. The first-order valence-electron chi connectivity index (χ1n) is 7.82. The van der Waals surface area contributed by atoms with Crippen LogP contribution < -0.4 is 0 Å². The highest BCUT2D eigenvalue weighted by molar-refractivity contribution is 5.80. The van der Waals surface area contributed by atoms with Crippen molar-refractivity contribution in [1.82, 2.24) is 14.7 Å². The molecule has 0 aromatic carbocycles. The van der Waals surface area contributed by atoms with Crippen molar-refractivity contribution in [3.8, 4) is 0 Å². The number of carbonyl (C=O) groups is 2. The lowest BCUT2D eigenvalue weighted by Gasteiger charge is -2.52. The summed E-state index contributed by atoms with van der Waals surface area (Å²) in [6.07, 6.45) is 6.33. The summed E-state index contributed by atoms with van der Waals surface area (Å²) >= 11 is 0. The Morgan fingerprint density at radius 3 is 2.76 bits per heavy atom. The maximum absolute atomic E-state index is 12.3. The van der Waals surface area contributed by atoms with Gasteiger partial charge in [-0.05, 0) is 39.8 Å². The SMILES string of the molecule is C=CCN1C(=O)CCCC12CCCN(C(=O)CN(C)C)C2. The molecule has 0 aromatic rings. The minimum Gasteiger partial charge on any atom is -0.339 e. The molecule has 2 fully saturated rings. The minimum absolute atomic E-state index is 0.163. The van der Waals surface area contributed by atoms with Gasteiger partial charge in [-0.1, -0.05) is 6.08 Å². The third-order valence-electron chi connectivity index (χ3n) is 4.58. The van der Waals surface area contributed by atoms with Gasteiger partial charge in [-0.2, -0.15) is 0 Å². The van der Waals surface area contributed by atoms with Crippen LogP contribution in [0.25, 0.3) is 0 Å². The molecular formula is C16H27N3O2. The topological polar surface area (TPSA) is 43.9 Å². The van der Waals surface area contributed by atoms with Crippen LogP contribution in [0.4, 0.5) is 0 Å². The number of likely N-dealkylation sites (N-methyl/N-ethyl adjacent to an activating group) is 1. The van der Waals surface area contributed by atoms with Gasteiger partial charge in [-0.15, -0.1) is 6.58 Å². The lowest BCUT2D eigenvalue weighted by molar-refractivity contribution is -0.149. The van der Waals surface area contributed by atoms with Crippen molar-refractivity contribution >= 4 is 11.8 Å². The zero-order valence-corrected chi connectivity index (χ0v) is 13.3. The zero-order valence-electron chi connectivity index (χ0n) is 13.3. The third-order valence-corrected chi connectivity index (χ3v) is 4.58. The maximum Gasteiger partial charge on any atom is 0.236 e. The first-order chi connectivity index (χ1) is 9.98. The van der Waals surface area contributed by atoms with Crippen molar-refractivity contribution < 1.29 is 9.59 Å². The van der Waals surface area contributed by atoms with Crippen molar-refractivity contribution in [3.05, 3.63) is 12.7 Å². The van der Waals surface area contributed by atoms with Crippen LogP contribution >= 0.6 is 0 Å². The third kappa shape index (κ3) is 3.46. The Labute approximate surface area is 127 Å². The van der Waals surface area contributed by atoms with Crippen LogP contribution in [0.5, 0.6) is 0 Å². The predicted molar refractivity (Wildman–Crippen MR) is 82.9 cm³/mol. The first-order valence-corrected chi connectivity index (χ1v) is 7.82. The molecule has 118 valence electrons. The summed E-state index contributed by atoms with van der Waals surface area (Å²) in [5.41, 5.74) is -0.163. The predicted octanol–water partition coefficient (Wildman–Crippen LogP) is 1.11. The summed E-state index contributed by atoms with van der Waals surface area (Å²) in [7, 11) is 3.82. The van der Waals surface area contributed by atoms with Crippen molar-refractivity contribution in [2.45, 2.75) is 37.6 Å². The Hall–Kier alpha value is -1.36. The van der Waals surface area contributed by atoms with Crippen LogP contribution in [-0.2, 0) is 9.59 Å². The number of hydrogen-bond acceptors (Lipinski definition) is 3. The highest BCUT2D eigenvalue weighted by Crippen LogP contribution is 2.36. The smallest absolute Gasteiger partial charge is 0.236 e. The van der Waals surface area contributed by atoms with Gasteiger partial charge in [-0.3, -0.25) is 9.59 Å². The molecule has 0 aromatic heterocycles. The van der Waals surface area contributed by atoms with Gasteiger partial charge in [0.2, 0.25) is 11.8 Å². The van der Waals surface area contributed by atoms with Crippen molar-refractivity contribution in [3.63, 3.8) is 0 Å². The molecule has 2 rings (SSSR count). The number of piperidine rings is 2. The summed E-state index contributed by atoms with van der Waals surface area (Å²) in [6.45, 7) is 6.30. The van der Waals surface area contributed by atoms with Crippen molar-refractivity contribution in [1.29, 1.82) is 0 Å². The first kappa shape index (κ1) is 16.0. The molecule has 1 spiro atoms. The number of amides is 2. The van der Waals surface area contributed by atoms with E-state index < -0.39 is 0 Å². The summed E-state index contributed by atoms with van der Waals surface area (Å²) in [5, 5.41) is 0. The molecule has 0 saturated carbocycles. The molecule has 2 aliphatic heterocycles. The summed E-state index contributed by atoms with van der Waals surface area (Å²) in [5.74, 6) is 0.374. The molecule has 0 bridgehead atoms. The fourth-order valence-electron chi connectivity index (χ4n) is 3.65. The second-order valence-electron chi connectivity index (χ2n) is 6.53. The van der Waals surface area contributed by atoms with Crippen LogP contribution in [0.2, 0.25) is 0 Å². The fraction of sp³-hybridized carbons (Fsp3) is 0.750. The molecule has 2 saturated heterocycles. The molecule has 2 amide bonds. The van der Waals surface area contributed by atoms with Crippen LogP contribution in [0.1, 0.15) is 32.1 Å². The molecule has 0 radical (unpaired) electrons. The highest BCUT2D eigenvalue weighted by atomic mass is 16.2. The molecule has 21 heavy (non-hydrogen) atoms. The molecule has 1 atom stereocenters. The van der Waals surface area contributed by atoms with Gasteiger partial charge in [0.1, 0.15) is 0 Å². The fourth-order valence-corrected chi connectivity index (χ4v) is 3.65. The van der Waals surface area contributed by atoms with E-state index in [1.54, 1.807) is 6.08 Å². The summed E-state index contributed by atoms with van der Waals surface area (Å²) < 4.78 is 0. The normalized spacial score (nSPS) is 26.5. The number of rotatable bonds is 4. The van der Waals surface area contributed by atoms with Gasteiger partial charge in [0.15, 0.2) is 0 Å². The van der Waals surface area contributed by atoms with Gasteiger partial charge < -0.3 is 14.7 Å². The molecule has 5 nitrogen and oxygen atoms in total. The zero-order chi connectivity index (χ0) is 15.5. The summed E-state index contributed by atoms with van der Waals surface area (Å²) in [6, 6.07) is 0. The number of nitrogens with zero attached hydrogens (tertiary/aromatic N) is 3. The number of likely N-dealkylation sites (tertiary alicyclic amines) is 2. The molecule has 5 heteroatoms. The van der Waals surface area contributed by atoms with E-state index in [0.29, 0.717) is 26.1 Å². The van der Waals surface area contributed by atoms with Crippen LogP contribution in [0, 0.1) is 0 Å². The van der Waals surface area contributed by atoms with E-state index in [9.17, 15) is 9.59 Å². The maximum atomic E-state index is 12.3. The van der Waals surface area contributed by atoms with E-state index in [1.807, 2.05) is 28.8 Å². The lowest BCUT2D eigenvalue weighted by atomic mass is 9.79. The van der Waals surface area contributed by atoms with Crippen LogP contribution in [0.3, 0.4) is 0 Å². The number of carbonyl (C=O) groups excluding carboxylic acids is 2. The van der Waals surface area contributed by atoms with Crippen LogP contribution in [-0.4, -0.2) is 72.3 Å². The molecular weight excluding hydrogens is 266 g/mol. The molecule has 2 aliphatic rings. The molecule has 0 N–H and O–H groups in total. The Kier molecular flexibility index (Phi) is 5.04. The molecule has 2 heterocycles. The average molecular weight is 293 g/mol. The highest BCUT2D eigenvalue weighted by Gasteiger charge is 2.45.